The van der Waals surface area contributed by atoms with Gasteiger partial charge >= 0.3 is 0 Å². The molecule has 1 aliphatic heterocycles. The van der Waals surface area contributed by atoms with Gasteiger partial charge in [0, 0.05) is 18.5 Å². The van der Waals surface area contributed by atoms with Crippen molar-refractivity contribution in [2.45, 2.75) is 23.8 Å². The second-order valence-corrected chi connectivity index (χ2v) is 10.6. The Morgan fingerprint density at radius 2 is 2.03 bits per heavy atom. The van der Waals surface area contributed by atoms with E-state index in [1.807, 2.05) is 16.7 Å². The fourth-order valence-corrected chi connectivity index (χ4v) is 5.85. The molecule has 1 N–H and O–H groups in total. The predicted molar refractivity (Wildman–Crippen MR) is 139 cm³/mol. The lowest BCUT2D eigenvalue weighted by atomic mass is 10.3. The Morgan fingerprint density at radius 1 is 1.17 bits per heavy atom. The molecule has 8 nitrogen and oxygen atoms in total. The number of carbonyl (C=O) groups is 1. The molecule has 182 valence electrons. The normalized spacial score (nSPS) is 14.0. The van der Waals surface area contributed by atoms with Crippen molar-refractivity contribution >= 4 is 52.2 Å². The van der Waals surface area contributed by atoms with Gasteiger partial charge in [0.1, 0.15) is 10.7 Å². The maximum absolute atomic E-state index is 12.5. The van der Waals surface area contributed by atoms with Gasteiger partial charge in [-0.1, -0.05) is 35.0 Å². The van der Waals surface area contributed by atoms with Crippen molar-refractivity contribution in [3.8, 4) is 17.3 Å². The molecule has 1 amide bonds. The Kier molecular flexibility index (Phi) is 7.74. The Hall–Kier alpha value is -2.37. The van der Waals surface area contributed by atoms with Crippen LogP contribution < -0.4 is 5.32 Å². The second kappa shape index (κ2) is 11.1. The number of rotatable bonds is 9. The summed E-state index contributed by atoms with van der Waals surface area (Å²) in [4.78, 5) is 19.4. The van der Waals surface area contributed by atoms with Crippen LogP contribution in [0.2, 0.25) is 10.0 Å². The average Bonchev–Trinajstić information content (AvgIpc) is 3.66. The molecule has 1 fully saturated rings. The first-order valence-electron chi connectivity index (χ1n) is 11.1. The molecule has 1 aliphatic rings. The standard InChI is InChI=1S/C23H22Cl2N6O2S2/c24-16-6-5-15(12-17(16)25)31-21(19-4-3-11-33-19)28-29-23(31)35-14-20-27-18(13-34-20)22(32)26-7-10-30-8-1-2-9-30/h3-6,11-13H,1-2,7-10,14H2,(H,26,32). The number of thiazole rings is 1. The number of likely N-dealkylation sites (tertiary alicyclic amines) is 1. The molecule has 35 heavy (non-hydrogen) atoms. The number of aromatic nitrogens is 4. The predicted octanol–water partition coefficient (Wildman–Crippen LogP) is 5.41. The zero-order valence-electron chi connectivity index (χ0n) is 18.6. The SMILES string of the molecule is O=C(NCCN1CCCC1)c1csc(CSc2nnc(-c3ccco3)n2-c2ccc(Cl)c(Cl)c2)n1. The minimum atomic E-state index is -0.143. The molecular weight excluding hydrogens is 527 g/mol. The van der Waals surface area contributed by atoms with Gasteiger partial charge in [0.25, 0.3) is 5.91 Å². The van der Waals surface area contributed by atoms with Gasteiger partial charge < -0.3 is 14.6 Å². The molecule has 0 saturated carbocycles. The zero-order chi connectivity index (χ0) is 24.2. The minimum Gasteiger partial charge on any atom is -0.461 e. The first-order valence-corrected chi connectivity index (χ1v) is 13.7. The van der Waals surface area contributed by atoms with E-state index in [0.717, 1.165) is 30.3 Å². The summed E-state index contributed by atoms with van der Waals surface area (Å²) in [5, 5.41) is 15.8. The van der Waals surface area contributed by atoms with Crippen LogP contribution in [0, 0.1) is 0 Å². The number of hydrogen-bond donors (Lipinski definition) is 1. The van der Waals surface area contributed by atoms with E-state index >= 15 is 0 Å². The van der Waals surface area contributed by atoms with Crippen LogP contribution in [-0.4, -0.2) is 56.7 Å². The number of furan rings is 1. The van der Waals surface area contributed by atoms with Crippen molar-refractivity contribution < 1.29 is 9.21 Å². The van der Waals surface area contributed by atoms with Crippen molar-refractivity contribution in [2.24, 2.45) is 0 Å². The Balaban J connectivity index is 1.28. The van der Waals surface area contributed by atoms with E-state index in [4.69, 9.17) is 27.6 Å². The monoisotopic (exact) mass is 548 g/mol. The van der Waals surface area contributed by atoms with Crippen LogP contribution in [0.5, 0.6) is 0 Å². The van der Waals surface area contributed by atoms with Gasteiger partial charge in [0.15, 0.2) is 10.9 Å². The zero-order valence-corrected chi connectivity index (χ0v) is 21.8. The Morgan fingerprint density at radius 3 is 2.80 bits per heavy atom. The fraction of sp³-hybridized carbons (Fsp3) is 0.304. The number of thioether (sulfide) groups is 1. The van der Waals surface area contributed by atoms with E-state index in [1.165, 1.54) is 35.9 Å². The van der Waals surface area contributed by atoms with Gasteiger partial charge in [0.2, 0.25) is 5.82 Å². The lowest BCUT2D eigenvalue weighted by molar-refractivity contribution is 0.0945. The van der Waals surface area contributed by atoms with E-state index in [9.17, 15) is 4.79 Å². The van der Waals surface area contributed by atoms with Crippen LogP contribution in [-0.2, 0) is 5.75 Å². The first kappa shape index (κ1) is 24.3. The number of nitrogens with zero attached hydrogens (tertiary/aromatic N) is 5. The van der Waals surface area contributed by atoms with Crippen LogP contribution in [0.3, 0.4) is 0 Å². The molecule has 0 unspecified atom stereocenters. The maximum Gasteiger partial charge on any atom is 0.270 e. The summed E-state index contributed by atoms with van der Waals surface area (Å²) in [7, 11) is 0. The molecule has 3 aromatic heterocycles. The Labute approximate surface area is 220 Å². The maximum atomic E-state index is 12.5. The van der Waals surface area contributed by atoms with Gasteiger partial charge in [-0.2, -0.15) is 0 Å². The smallest absolute Gasteiger partial charge is 0.270 e. The molecule has 12 heteroatoms. The van der Waals surface area contributed by atoms with Crippen LogP contribution in [0.25, 0.3) is 17.3 Å². The van der Waals surface area contributed by atoms with Crippen molar-refractivity contribution in [1.82, 2.24) is 30.0 Å². The summed E-state index contributed by atoms with van der Waals surface area (Å²) in [6.07, 6.45) is 4.06. The quantitative estimate of drug-likeness (QED) is 0.280. The van der Waals surface area contributed by atoms with Crippen LogP contribution in [0.15, 0.2) is 51.5 Å². The number of benzene rings is 1. The fourth-order valence-electron chi connectivity index (χ4n) is 3.82. The van der Waals surface area contributed by atoms with Gasteiger partial charge in [0.05, 0.1) is 27.7 Å². The number of halogens is 2. The lowest BCUT2D eigenvalue weighted by Gasteiger charge is -2.14. The topological polar surface area (TPSA) is 89.1 Å². The summed E-state index contributed by atoms with van der Waals surface area (Å²) < 4.78 is 7.42. The molecule has 1 saturated heterocycles. The molecule has 1 aromatic carbocycles. The summed E-state index contributed by atoms with van der Waals surface area (Å²) in [6, 6.07) is 8.96. The average molecular weight is 550 g/mol. The van der Waals surface area contributed by atoms with Crippen molar-refractivity contribution in [3.63, 3.8) is 0 Å². The molecule has 5 rings (SSSR count). The third-order valence-corrected chi connectivity index (χ3v) is 8.27. The van der Waals surface area contributed by atoms with Crippen LogP contribution >= 0.6 is 46.3 Å². The molecule has 4 heterocycles. The second-order valence-electron chi connectivity index (χ2n) is 7.94. The highest BCUT2D eigenvalue weighted by Gasteiger charge is 2.20. The van der Waals surface area contributed by atoms with Crippen molar-refractivity contribution in [2.75, 3.05) is 26.2 Å². The number of hydrogen-bond acceptors (Lipinski definition) is 8. The van der Waals surface area contributed by atoms with Gasteiger partial charge in [-0.25, -0.2) is 4.98 Å². The van der Waals surface area contributed by atoms with Crippen LogP contribution in [0.1, 0.15) is 28.3 Å². The molecule has 0 atom stereocenters. The van der Waals surface area contributed by atoms with Crippen LogP contribution in [0.4, 0.5) is 0 Å². The largest absolute Gasteiger partial charge is 0.461 e. The summed E-state index contributed by atoms with van der Waals surface area (Å²) >= 11 is 15.3. The molecule has 4 aromatic rings. The number of nitrogens with one attached hydrogen (secondary N) is 1. The van der Waals surface area contributed by atoms with Gasteiger partial charge in [-0.3, -0.25) is 9.36 Å². The molecule has 0 bridgehead atoms. The van der Waals surface area contributed by atoms with E-state index < -0.39 is 0 Å². The molecule has 0 radical (unpaired) electrons. The van der Waals surface area contributed by atoms with E-state index in [-0.39, 0.29) is 5.91 Å². The highest BCUT2D eigenvalue weighted by molar-refractivity contribution is 7.98. The summed E-state index contributed by atoms with van der Waals surface area (Å²) in [6.45, 7) is 3.73. The van der Waals surface area contributed by atoms with Gasteiger partial charge in [-0.15, -0.1) is 21.5 Å². The van der Waals surface area contributed by atoms with E-state index in [1.54, 1.807) is 29.8 Å². The molecule has 0 aliphatic carbocycles. The minimum absolute atomic E-state index is 0.143. The Bertz CT molecular complexity index is 1300. The van der Waals surface area contributed by atoms with E-state index in [2.05, 4.69) is 25.4 Å². The van der Waals surface area contributed by atoms with E-state index in [0.29, 0.717) is 44.8 Å². The van der Waals surface area contributed by atoms with Crippen molar-refractivity contribution in [3.05, 3.63) is 62.7 Å². The number of carbonyl (C=O) groups excluding carboxylic acids is 1. The summed E-state index contributed by atoms with van der Waals surface area (Å²) in [5.74, 6) is 1.52. The third kappa shape index (κ3) is 5.73. The lowest BCUT2D eigenvalue weighted by Crippen LogP contribution is -2.33. The first-order chi connectivity index (χ1) is 17.1. The molecule has 0 spiro atoms. The molecular formula is C23H22Cl2N6O2S2. The third-order valence-electron chi connectivity index (χ3n) is 5.56. The summed E-state index contributed by atoms with van der Waals surface area (Å²) in [5.41, 5.74) is 1.20. The van der Waals surface area contributed by atoms with Crippen molar-refractivity contribution in [1.29, 1.82) is 0 Å². The van der Waals surface area contributed by atoms with Gasteiger partial charge in [-0.05, 0) is 56.3 Å². The highest BCUT2D eigenvalue weighted by Crippen LogP contribution is 2.33. The highest BCUT2D eigenvalue weighted by atomic mass is 35.5. The number of amides is 1.